The Bertz CT molecular complexity index is 744. The number of nitrogens with zero attached hydrogens (tertiary/aromatic N) is 1. The Morgan fingerprint density at radius 1 is 1.32 bits per heavy atom. The Kier molecular flexibility index (Phi) is 9.36. The van der Waals surface area contributed by atoms with Crippen molar-refractivity contribution >= 4 is 28.3 Å². The molecule has 9 heteroatoms. The molecule has 1 saturated heterocycles. The van der Waals surface area contributed by atoms with Crippen LogP contribution < -0.4 is 10.6 Å². The number of ether oxygens (including phenoxy) is 1. The van der Waals surface area contributed by atoms with Gasteiger partial charge in [0.1, 0.15) is 0 Å². The zero-order valence-corrected chi connectivity index (χ0v) is 18.7. The predicted octanol–water partition coefficient (Wildman–Crippen LogP) is 1.88. The molecule has 1 amide bonds. The molecular formula is C19H32ClN3O4S. The number of benzene rings is 1. The Labute approximate surface area is 174 Å². The molecule has 0 atom stereocenters. The van der Waals surface area contributed by atoms with Gasteiger partial charge >= 0.3 is 0 Å². The van der Waals surface area contributed by atoms with Gasteiger partial charge in [0.15, 0.2) is 0 Å². The first-order valence-corrected chi connectivity index (χ1v) is 10.7. The normalized spacial score (nSPS) is 16.6. The van der Waals surface area contributed by atoms with Crippen molar-refractivity contribution < 1.29 is 17.9 Å². The van der Waals surface area contributed by atoms with E-state index >= 15 is 0 Å². The van der Waals surface area contributed by atoms with Crippen molar-refractivity contribution in [1.29, 1.82) is 0 Å². The van der Waals surface area contributed by atoms with Gasteiger partial charge in [-0.05, 0) is 58.0 Å². The molecule has 0 saturated carbocycles. The van der Waals surface area contributed by atoms with Crippen molar-refractivity contribution in [3.8, 4) is 0 Å². The van der Waals surface area contributed by atoms with E-state index < -0.39 is 10.0 Å². The molecule has 1 aromatic carbocycles. The molecule has 7 nitrogen and oxygen atoms in total. The van der Waals surface area contributed by atoms with E-state index in [0.717, 1.165) is 25.9 Å². The molecule has 1 aliphatic rings. The number of carbonyl (C=O) groups excluding carboxylic acids is 1. The summed E-state index contributed by atoms with van der Waals surface area (Å²) >= 11 is 0. The maximum Gasteiger partial charge on any atom is 0.251 e. The summed E-state index contributed by atoms with van der Waals surface area (Å²) in [5.41, 5.74) is 0.256. The van der Waals surface area contributed by atoms with Crippen molar-refractivity contribution in [1.82, 2.24) is 14.9 Å². The molecular weight excluding hydrogens is 402 g/mol. The number of methoxy groups -OCH3 is 1. The highest BCUT2D eigenvalue weighted by molar-refractivity contribution is 7.89. The lowest BCUT2D eigenvalue weighted by molar-refractivity contribution is 0.0511. The van der Waals surface area contributed by atoms with Crippen LogP contribution in [0, 0.1) is 5.41 Å². The van der Waals surface area contributed by atoms with Gasteiger partial charge in [0.2, 0.25) is 10.0 Å². The molecule has 0 unspecified atom stereocenters. The third-order valence-corrected chi connectivity index (χ3v) is 7.27. The first kappa shape index (κ1) is 24.8. The molecule has 1 heterocycles. The predicted molar refractivity (Wildman–Crippen MR) is 113 cm³/mol. The van der Waals surface area contributed by atoms with Crippen molar-refractivity contribution in [2.75, 3.05) is 40.4 Å². The van der Waals surface area contributed by atoms with Gasteiger partial charge in [-0.1, -0.05) is 6.07 Å². The topological polar surface area (TPSA) is 87.7 Å². The number of halogens is 1. The maximum atomic E-state index is 12.7. The van der Waals surface area contributed by atoms with Gasteiger partial charge in [0.05, 0.1) is 11.5 Å². The van der Waals surface area contributed by atoms with E-state index in [2.05, 4.69) is 10.6 Å². The second kappa shape index (κ2) is 10.5. The van der Waals surface area contributed by atoms with E-state index in [1.807, 2.05) is 13.8 Å². The van der Waals surface area contributed by atoms with Crippen molar-refractivity contribution in [3.05, 3.63) is 29.8 Å². The minimum atomic E-state index is -3.63. The van der Waals surface area contributed by atoms with Gasteiger partial charge in [-0.15, -0.1) is 12.4 Å². The number of rotatable bonds is 8. The molecule has 0 aliphatic carbocycles. The quantitative estimate of drug-likeness (QED) is 0.653. The van der Waals surface area contributed by atoms with E-state index in [1.165, 1.54) is 16.4 Å². The third kappa shape index (κ3) is 5.90. The molecule has 0 radical (unpaired) electrons. The van der Waals surface area contributed by atoms with Crippen LogP contribution in [0.3, 0.4) is 0 Å². The standard InChI is InChI=1S/C19H31N3O4S.ClH/c1-15(2)22(3)27(24,25)17-7-5-6-16(12-17)18(23)21-13-19(14-26-4)8-10-20-11-9-19;/h5-7,12,15,20H,8-11,13-14H2,1-4H3,(H,21,23);1H. The number of hydrogen-bond donors (Lipinski definition) is 2. The highest BCUT2D eigenvalue weighted by atomic mass is 35.5. The number of sulfonamides is 1. The lowest BCUT2D eigenvalue weighted by atomic mass is 9.79. The molecule has 1 aliphatic heterocycles. The smallest absolute Gasteiger partial charge is 0.251 e. The average Bonchev–Trinajstić information content (AvgIpc) is 2.66. The van der Waals surface area contributed by atoms with Gasteiger partial charge < -0.3 is 15.4 Å². The summed E-state index contributed by atoms with van der Waals surface area (Å²) in [5, 5.41) is 6.29. The fraction of sp³-hybridized carbons (Fsp3) is 0.632. The molecule has 1 aromatic rings. The van der Waals surface area contributed by atoms with Crippen molar-refractivity contribution in [2.24, 2.45) is 5.41 Å². The van der Waals surface area contributed by atoms with Gasteiger partial charge in [0, 0.05) is 37.7 Å². The fourth-order valence-corrected chi connectivity index (χ4v) is 4.66. The Hall–Kier alpha value is -1.19. The largest absolute Gasteiger partial charge is 0.384 e. The van der Waals surface area contributed by atoms with Crippen LogP contribution in [0.15, 0.2) is 29.2 Å². The zero-order chi connectivity index (χ0) is 20.1. The summed E-state index contributed by atoms with van der Waals surface area (Å²) in [6.07, 6.45) is 1.85. The van der Waals surface area contributed by atoms with E-state index in [-0.39, 0.29) is 34.7 Å². The summed E-state index contributed by atoms with van der Waals surface area (Å²) < 4.78 is 32.0. The lowest BCUT2D eigenvalue weighted by Crippen LogP contribution is -2.47. The van der Waals surface area contributed by atoms with Crippen molar-refractivity contribution in [3.63, 3.8) is 0 Å². The minimum Gasteiger partial charge on any atom is -0.384 e. The average molecular weight is 434 g/mol. The number of amides is 1. The van der Waals surface area contributed by atoms with Crippen molar-refractivity contribution in [2.45, 2.75) is 37.6 Å². The summed E-state index contributed by atoms with van der Waals surface area (Å²) in [6.45, 7) is 6.50. The van der Waals surface area contributed by atoms with E-state index in [9.17, 15) is 13.2 Å². The molecule has 0 bridgehead atoms. The van der Waals surface area contributed by atoms with Crippen LogP contribution >= 0.6 is 12.4 Å². The molecule has 28 heavy (non-hydrogen) atoms. The van der Waals surface area contributed by atoms with Gasteiger partial charge in [-0.2, -0.15) is 4.31 Å². The molecule has 0 spiro atoms. The van der Waals surface area contributed by atoms with Crippen LogP contribution in [0.5, 0.6) is 0 Å². The van der Waals surface area contributed by atoms with E-state index in [4.69, 9.17) is 4.74 Å². The SMILES string of the molecule is COCC1(CNC(=O)c2cccc(S(=O)(=O)N(C)C(C)C)c2)CCNCC1.Cl. The van der Waals surface area contributed by atoms with Crippen LogP contribution in [0.4, 0.5) is 0 Å². The highest BCUT2D eigenvalue weighted by Crippen LogP contribution is 2.28. The third-order valence-electron chi connectivity index (χ3n) is 5.24. The van der Waals surface area contributed by atoms with Crippen LogP contribution in [0.1, 0.15) is 37.0 Å². The minimum absolute atomic E-state index is 0. The van der Waals surface area contributed by atoms with Gasteiger partial charge in [-0.3, -0.25) is 4.79 Å². The summed E-state index contributed by atoms with van der Waals surface area (Å²) in [4.78, 5) is 12.8. The first-order valence-electron chi connectivity index (χ1n) is 9.28. The van der Waals surface area contributed by atoms with Gasteiger partial charge in [0.25, 0.3) is 5.91 Å². The molecule has 0 aromatic heterocycles. The lowest BCUT2D eigenvalue weighted by Gasteiger charge is -2.37. The number of carbonyl (C=O) groups is 1. The maximum absolute atomic E-state index is 12.7. The first-order chi connectivity index (χ1) is 12.7. The Balaban J connectivity index is 0.00000392. The van der Waals surface area contributed by atoms with Gasteiger partial charge in [-0.25, -0.2) is 8.42 Å². The second-order valence-corrected chi connectivity index (χ2v) is 9.51. The fourth-order valence-electron chi connectivity index (χ4n) is 3.25. The second-order valence-electron chi connectivity index (χ2n) is 7.51. The molecule has 2 rings (SSSR count). The van der Waals surface area contributed by atoms with Crippen LogP contribution in [-0.2, 0) is 14.8 Å². The molecule has 2 N–H and O–H groups in total. The Morgan fingerprint density at radius 2 is 1.96 bits per heavy atom. The zero-order valence-electron chi connectivity index (χ0n) is 17.0. The van der Waals surface area contributed by atoms with E-state index in [1.54, 1.807) is 26.3 Å². The van der Waals surface area contributed by atoms with E-state index in [0.29, 0.717) is 18.7 Å². The highest BCUT2D eigenvalue weighted by Gasteiger charge is 2.32. The summed E-state index contributed by atoms with van der Waals surface area (Å²) in [6, 6.07) is 6.03. The monoisotopic (exact) mass is 433 g/mol. The molecule has 160 valence electrons. The number of hydrogen-bond acceptors (Lipinski definition) is 5. The summed E-state index contributed by atoms with van der Waals surface area (Å²) in [5.74, 6) is -0.270. The van der Waals surface area contributed by atoms with Crippen LogP contribution in [0.2, 0.25) is 0 Å². The number of nitrogens with one attached hydrogen (secondary N) is 2. The Morgan fingerprint density at radius 3 is 2.54 bits per heavy atom. The number of piperidine rings is 1. The van der Waals surface area contributed by atoms with Crippen LogP contribution in [-0.4, -0.2) is 65.1 Å². The van der Waals surface area contributed by atoms with Crippen LogP contribution in [0.25, 0.3) is 0 Å². The molecule has 1 fully saturated rings. The summed E-state index contributed by atoms with van der Waals surface area (Å²) in [7, 11) is -0.413.